The zero-order valence-electron chi connectivity index (χ0n) is 9.06. The van der Waals surface area contributed by atoms with Gasteiger partial charge in [-0.1, -0.05) is 46.3 Å². The van der Waals surface area contributed by atoms with Crippen molar-refractivity contribution in [3.8, 4) is 5.75 Å². The summed E-state index contributed by atoms with van der Waals surface area (Å²) in [5.41, 5.74) is 1.47. The number of rotatable bonds is 3. The first-order valence-electron chi connectivity index (χ1n) is 5.22. The summed E-state index contributed by atoms with van der Waals surface area (Å²) in [5, 5.41) is 9.33. The minimum atomic E-state index is 0.0306. The van der Waals surface area contributed by atoms with E-state index in [2.05, 4.69) is 15.9 Å². The Morgan fingerprint density at radius 3 is 2.59 bits per heavy atom. The smallest absolute Gasteiger partial charge is 0.168 e. The van der Waals surface area contributed by atoms with Crippen molar-refractivity contribution in [3.05, 3.63) is 64.1 Å². The van der Waals surface area contributed by atoms with Gasteiger partial charge in [-0.2, -0.15) is 0 Å². The van der Waals surface area contributed by atoms with E-state index in [1.165, 1.54) is 0 Å². The van der Waals surface area contributed by atoms with Crippen molar-refractivity contribution < 1.29 is 9.90 Å². The van der Waals surface area contributed by atoms with Gasteiger partial charge in [0.2, 0.25) is 0 Å². The second kappa shape index (κ2) is 5.15. The Bertz CT molecular complexity index is 549. The van der Waals surface area contributed by atoms with Crippen molar-refractivity contribution in [2.24, 2.45) is 0 Å². The van der Waals surface area contributed by atoms with E-state index in [4.69, 9.17) is 0 Å². The van der Waals surface area contributed by atoms with Gasteiger partial charge in [0.05, 0.1) is 0 Å². The van der Waals surface area contributed by atoms with Crippen LogP contribution in [0.5, 0.6) is 5.75 Å². The van der Waals surface area contributed by atoms with Crippen LogP contribution in [0.25, 0.3) is 0 Å². The molecule has 0 aliphatic carbocycles. The van der Waals surface area contributed by atoms with Crippen LogP contribution in [0, 0.1) is 0 Å². The van der Waals surface area contributed by atoms with Crippen molar-refractivity contribution in [3.63, 3.8) is 0 Å². The topological polar surface area (TPSA) is 37.3 Å². The fraction of sp³-hybridized carbons (Fsp3) is 0.0714. The number of aromatic hydroxyl groups is 1. The van der Waals surface area contributed by atoms with E-state index in [0.717, 1.165) is 10.0 Å². The Morgan fingerprint density at radius 2 is 1.88 bits per heavy atom. The third-order valence-corrected chi connectivity index (χ3v) is 3.14. The lowest BCUT2D eigenvalue weighted by Crippen LogP contribution is -2.04. The van der Waals surface area contributed by atoms with Crippen LogP contribution < -0.4 is 0 Å². The van der Waals surface area contributed by atoms with Crippen LogP contribution in [0.15, 0.2) is 53.0 Å². The fourth-order valence-corrected chi connectivity index (χ4v) is 2.14. The number of carbonyl (C=O) groups is 1. The van der Waals surface area contributed by atoms with E-state index in [0.29, 0.717) is 5.56 Å². The highest BCUT2D eigenvalue weighted by Crippen LogP contribution is 2.19. The van der Waals surface area contributed by atoms with Crippen LogP contribution in [0.3, 0.4) is 0 Å². The Labute approximate surface area is 108 Å². The van der Waals surface area contributed by atoms with Gasteiger partial charge in [0.15, 0.2) is 5.78 Å². The quantitative estimate of drug-likeness (QED) is 0.878. The van der Waals surface area contributed by atoms with Crippen LogP contribution in [0.4, 0.5) is 0 Å². The molecule has 0 bridgehead atoms. The van der Waals surface area contributed by atoms with Gasteiger partial charge in [-0.15, -0.1) is 0 Å². The molecule has 0 radical (unpaired) electrons. The van der Waals surface area contributed by atoms with Crippen molar-refractivity contribution >= 4 is 21.7 Å². The maximum atomic E-state index is 12.0. The molecule has 2 aromatic rings. The third kappa shape index (κ3) is 2.94. The molecule has 0 aromatic heterocycles. The van der Waals surface area contributed by atoms with Gasteiger partial charge in [-0.25, -0.2) is 0 Å². The maximum Gasteiger partial charge on any atom is 0.168 e. The predicted octanol–water partition coefficient (Wildman–Crippen LogP) is 3.58. The van der Waals surface area contributed by atoms with Gasteiger partial charge in [0, 0.05) is 16.5 Å². The van der Waals surface area contributed by atoms with E-state index in [9.17, 15) is 9.90 Å². The summed E-state index contributed by atoms with van der Waals surface area (Å²) in [4.78, 5) is 12.0. The molecule has 3 heteroatoms. The second-order valence-electron chi connectivity index (χ2n) is 3.75. The summed E-state index contributed by atoms with van der Waals surface area (Å²) >= 11 is 3.35. The van der Waals surface area contributed by atoms with Gasteiger partial charge in [0.25, 0.3) is 0 Å². The average Bonchev–Trinajstić information content (AvgIpc) is 2.29. The number of hydrogen-bond donors (Lipinski definition) is 1. The van der Waals surface area contributed by atoms with Crippen LogP contribution in [0.1, 0.15) is 15.9 Å². The molecular weight excluding hydrogens is 280 g/mol. The summed E-state index contributed by atoms with van der Waals surface area (Å²) in [6.07, 6.45) is 0.289. The molecule has 0 heterocycles. The summed E-state index contributed by atoms with van der Waals surface area (Å²) in [6, 6.07) is 14.1. The first-order chi connectivity index (χ1) is 8.16. The van der Waals surface area contributed by atoms with E-state index >= 15 is 0 Å². The zero-order chi connectivity index (χ0) is 12.3. The third-order valence-electron chi connectivity index (χ3n) is 2.45. The largest absolute Gasteiger partial charge is 0.508 e. The molecule has 86 valence electrons. The average molecular weight is 291 g/mol. The van der Waals surface area contributed by atoms with Crippen LogP contribution in [-0.2, 0) is 6.42 Å². The summed E-state index contributed by atoms with van der Waals surface area (Å²) in [7, 11) is 0. The molecule has 0 saturated heterocycles. The molecule has 0 aliphatic heterocycles. The van der Waals surface area contributed by atoms with E-state index in [1.807, 2.05) is 24.3 Å². The van der Waals surface area contributed by atoms with Gasteiger partial charge >= 0.3 is 0 Å². The summed E-state index contributed by atoms with van der Waals surface area (Å²) in [5.74, 6) is 0.213. The molecular formula is C14H11BrO2. The number of ketones is 1. The lowest BCUT2D eigenvalue weighted by molar-refractivity contribution is 0.0992. The molecule has 0 unspecified atom stereocenters. The SMILES string of the molecule is O=C(Cc1cccc(O)c1)c1ccccc1Br. The van der Waals surface area contributed by atoms with Crippen LogP contribution in [0.2, 0.25) is 0 Å². The van der Waals surface area contributed by atoms with Gasteiger partial charge in [-0.05, 0) is 23.8 Å². The van der Waals surface area contributed by atoms with Gasteiger partial charge < -0.3 is 5.11 Å². The Balaban J connectivity index is 2.20. The summed E-state index contributed by atoms with van der Waals surface area (Å²) in [6.45, 7) is 0. The number of phenols is 1. The minimum Gasteiger partial charge on any atom is -0.508 e. The van der Waals surface area contributed by atoms with E-state index in [-0.39, 0.29) is 18.0 Å². The minimum absolute atomic E-state index is 0.0306. The normalized spacial score (nSPS) is 10.2. The maximum absolute atomic E-state index is 12.0. The molecule has 0 aliphatic rings. The number of phenolic OH excluding ortho intramolecular Hbond substituents is 1. The first kappa shape index (κ1) is 11.9. The highest BCUT2D eigenvalue weighted by molar-refractivity contribution is 9.10. The highest BCUT2D eigenvalue weighted by atomic mass is 79.9. The summed E-state index contributed by atoms with van der Waals surface area (Å²) < 4.78 is 0.796. The molecule has 0 saturated carbocycles. The lowest BCUT2D eigenvalue weighted by atomic mass is 10.0. The number of halogens is 1. The molecule has 0 spiro atoms. The van der Waals surface area contributed by atoms with Gasteiger partial charge in [0.1, 0.15) is 5.75 Å². The van der Waals surface area contributed by atoms with Gasteiger partial charge in [-0.3, -0.25) is 4.79 Å². The molecule has 1 N–H and O–H groups in total. The number of benzene rings is 2. The molecule has 17 heavy (non-hydrogen) atoms. The Hall–Kier alpha value is -1.61. The number of Topliss-reactive ketones (excluding diaryl/α,β-unsaturated/α-hetero) is 1. The van der Waals surface area contributed by atoms with Crippen molar-refractivity contribution in [1.29, 1.82) is 0 Å². The first-order valence-corrected chi connectivity index (χ1v) is 6.02. The van der Waals surface area contributed by atoms with E-state index in [1.54, 1.807) is 24.3 Å². The molecule has 2 aromatic carbocycles. The van der Waals surface area contributed by atoms with Crippen LogP contribution >= 0.6 is 15.9 Å². The fourth-order valence-electron chi connectivity index (χ4n) is 1.63. The van der Waals surface area contributed by atoms with Crippen molar-refractivity contribution in [1.82, 2.24) is 0 Å². The number of carbonyl (C=O) groups excluding carboxylic acids is 1. The molecule has 2 nitrogen and oxygen atoms in total. The molecule has 2 rings (SSSR count). The standard InChI is InChI=1S/C14H11BrO2/c15-13-7-2-1-6-12(13)14(17)9-10-4-3-5-11(16)8-10/h1-8,16H,9H2. The molecule has 0 amide bonds. The molecule has 0 fully saturated rings. The second-order valence-corrected chi connectivity index (χ2v) is 4.60. The number of hydrogen-bond acceptors (Lipinski definition) is 2. The predicted molar refractivity (Wildman–Crippen MR) is 70.3 cm³/mol. The van der Waals surface area contributed by atoms with Crippen LogP contribution in [-0.4, -0.2) is 10.9 Å². The van der Waals surface area contributed by atoms with Crippen molar-refractivity contribution in [2.45, 2.75) is 6.42 Å². The highest BCUT2D eigenvalue weighted by Gasteiger charge is 2.10. The lowest BCUT2D eigenvalue weighted by Gasteiger charge is -2.04. The monoisotopic (exact) mass is 290 g/mol. The zero-order valence-corrected chi connectivity index (χ0v) is 10.6. The Kier molecular flexibility index (Phi) is 3.59. The Morgan fingerprint density at radius 1 is 1.12 bits per heavy atom. The van der Waals surface area contributed by atoms with Crippen molar-refractivity contribution in [2.75, 3.05) is 0 Å². The van der Waals surface area contributed by atoms with E-state index < -0.39 is 0 Å². The molecule has 0 atom stereocenters.